The van der Waals surface area contributed by atoms with Crippen molar-refractivity contribution in [1.82, 2.24) is 24.8 Å². The van der Waals surface area contributed by atoms with E-state index in [1.807, 2.05) is 11.8 Å². The lowest BCUT2D eigenvalue weighted by molar-refractivity contribution is 0.245. The van der Waals surface area contributed by atoms with Gasteiger partial charge in [0, 0.05) is 73.8 Å². The number of carbonyl (C=O) groups excluding carboxylic acids is 1. The molecule has 0 unspecified atom stereocenters. The molecule has 0 spiro atoms. The van der Waals surface area contributed by atoms with Crippen LogP contribution in [0.1, 0.15) is 11.1 Å². The first-order valence-electron chi connectivity index (χ1n) is 13.1. The van der Waals surface area contributed by atoms with Crippen LogP contribution in [0, 0.1) is 6.92 Å². The molecule has 3 aliphatic rings. The average molecular weight is 529 g/mol. The monoisotopic (exact) mass is 528 g/mol. The number of aryl methyl sites for hydroxylation is 1. The minimum absolute atomic E-state index is 0.191. The van der Waals surface area contributed by atoms with Crippen molar-refractivity contribution in [1.29, 1.82) is 0 Å². The Bertz CT molecular complexity index is 1400. The molecule has 3 aromatic rings. The third-order valence-electron chi connectivity index (χ3n) is 7.38. The van der Waals surface area contributed by atoms with E-state index in [2.05, 4.69) is 50.3 Å². The molecule has 0 atom stereocenters. The molecule has 202 valence electrons. The molecule has 3 N–H and O–H groups in total. The number of nitrogens with one attached hydrogen (secondary N) is 1. The molecule has 2 amide bonds. The van der Waals surface area contributed by atoms with Crippen LogP contribution >= 0.6 is 0 Å². The Morgan fingerprint density at radius 1 is 1.05 bits per heavy atom. The molecule has 39 heavy (non-hydrogen) atoms. The van der Waals surface area contributed by atoms with Crippen molar-refractivity contribution in [2.45, 2.75) is 13.3 Å². The first kappa shape index (κ1) is 24.9. The van der Waals surface area contributed by atoms with E-state index < -0.39 is 0 Å². The minimum Gasteiger partial charge on any atom is -0.498 e. The lowest BCUT2D eigenvalue weighted by Gasteiger charge is -2.34. The topological polar surface area (TPSA) is 129 Å². The number of nitrogens with zero attached hydrogens (tertiary/aromatic N) is 8. The Kier molecular flexibility index (Phi) is 6.61. The van der Waals surface area contributed by atoms with Gasteiger partial charge in [-0.15, -0.1) is 0 Å². The van der Waals surface area contributed by atoms with E-state index >= 15 is 0 Å². The molecule has 5 heterocycles. The summed E-state index contributed by atoms with van der Waals surface area (Å²) in [4.78, 5) is 40.0. The maximum atomic E-state index is 13.7. The first-order chi connectivity index (χ1) is 19.0. The number of anilines is 5. The number of hydrogen-bond acceptors (Lipinski definition) is 10. The van der Waals surface area contributed by atoms with Gasteiger partial charge in [-0.25, -0.2) is 19.7 Å². The maximum absolute atomic E-state index is 13.7. The molecule has 0 bridgehead atoms. The summed E-state index contributed by atoms with van der Waals surface area (Å²) in [5.41, 5.74) is 10.9. The highest BCUT2D eigenvalue weighted by Crippen LogP contribution is 2.36. The molecule has 1 saturated heterocycles. The summed E-state index contributed by atoms with van der Waals surface area (Å²) < 4.78 is 5.35. The van der Waals surface area contributed by atoms with Crippen LogP contribution in [-0.2, 0) is 11.2 Å². The fourth-order valence-electron chi connectivity index (χ4n) is 5.03. The number of nitrogen functional groups attached to an aromatic ring is 1. The van der Waals surface area contributed by atoms with E-state index in [4.69, 9.17) is 20.4 Å². The largest absolute Gasteiger partial charge is 0.498 e. The summed E-state index contributed by atoms with van der Waals surface area (Å²) in [5.74, 6) is 1.25. The summed E-state index contributed by atoms with van der Waals surface area (Å²) >= 11 is 0. The zero-order valence-electron chi connectivity index (χ0n) is 22.2. The van der Waals surface area contributed by atoms with E-state index in [0.29, 0.717) is 43.6 Å². The Balaban J connectivity index is 1.31. The van der Waals surface area contributed by atoms with Crippen LogP contribution in [0.4, 0.5) is 33.9 Å². The smallest absolute Gasteiger partial charge is 0.327 e. The number of benzene rings is 1. The molecule has 0 radical (unpaired) electrons. The summed E-state index contributed by atoms with van der Waals surface area (Å²) in [6, 6.07) is 6.02. The maximum Gasteiger partial charge on any atom is 0.327 e. The third-order valence-corrected chi connectivity index (χ3v) is 7.38. The van der Waals surface area contributed by atoms with Crippen molar-refractivity contribution in [2.75, 3.05) is 78.7 Å². The van der Waals surface area contributed by atoms with Crippen LogP contribution in [-0.4, -0.2) is 83.8 Å². The number of fused-ring (bicyclic) bond motifs is 1. The zero-order valence-corrected chi connectivity index (χ0v) is 22.2. The van der Waals surface area contributed by atoms with Crippen LogP contribution in [0.5, 0.6) is 0 Å². The molecule has 1 fully saturated rings. The van der Waals surface area contributed by atoms with Gasteiger partial charge in [-0.3, -0.25) is 4.90 Å². The Labute approximate surface area is 227 Å². The highest BCUT2D eigenvalue weighted by molar-refractivity contribution is 6.03. The number of carbonyl (C=O) groups is 1. The summed E-state index contributed by atoms with van der Waals surface area (Å²) in [7, 11) is 2.14. The molecule has 2 aromatic heterocycles. The van der Waals surface area contributed by atoms with Gasteiger partial charge < -0.3 is 30.5 Å². The molecule has 1 aromatic carbocycles. The number of ether oxygens (including phenoxy) is 1. The van der Waals surface area contributed by atoms with Crippen LogP contribution in [0.3, 0.4) is 0 Å². The third kappa shape index (κ3) is 5.02. The van der Waals surface area contributed by atoms with Crippen molar-refractivity contribution in [3.8, 4) is 11.3 Å². The molecular formula is C27H32N10O2. The van der Waals surface area contributed by atoms with Crippen molar-refractivity contribution >= 4 is 35.1 Å². The minimum atomic E-state index is -0.228. The lowest BCUT2D eigenvalue weighted by Crippen LogP contribution is -2.44. The summed E-state index contributed by atoms with van der Waals surface area (Å²) in [5, 5.41) is 3.15. The van der Waals surface area contributed by atoms with Crippen LogP contribution < -0.4 is 25.8 Å². The summed E-state index contributed by atoms with van der Waals surface area (Å²) in [6.07, 6.45) is 7.33. The number of hydrogen-bond donors (Lipinski definition) is 2. The molecule has 3 aliphatic heterocycles. The normalized spacial score (nSPS) is 17.2. The Morgan fingerprint density at radius 3 is 2.59 bits per heavy atom. The zero-order chi connectivity index (χ0) is 26.9. The van der Waals surface area contributed by atoms with Crippen LogP contribution in [0.15, 0.2) is 43.1 Å². The quantitative estimate of drug-likeness (QED) is 0.521. The van der Waals surface area contributed by atoms with Gasteiger partial charge in [-0.2, -0.15) is 4.98 Å². The van der Waals surface area contributed by atoms with E-state index in [1.54, 1.807) is 29.8 Å². The Hall–Kier alpha value is -4.45. The standard InChI is InChI=1S/C27H32N10O2/c1-18-3-4-20(35-9-7-34(2)8-10-35)15-22(18)31-27(38)37-6-5-21-23(19-16-29-25(28)30-17-19)32-26(33-24(21)37)36-11-13-39-14-12-36/h3-4,11,13,15-17H,5-10,12,14H2,1-2H3,(H,31,38)(H2,28,29,30). The predicted molar refractivity (Wildman–Crippen MR) is 151 cm³/mol. The number of urea groups is 1. The second-order valence-corrected chi connectivity index (χ2v) is 9.97. The molecular weight excluding hydrogens is 496 g/mol. The van der Waals surface area contributed by atoms with E-state index in [1.165, 1.54) is 0 Å². The SMILES string of the molecule is Cc1ccc(N2CCN(C)CC2)cc1NC(=O)N1CCc2c(-c3cnc(N)nc3)nc(N3C=COCC3)nc21. The number of piperazine rings is 1. The fraction of sp³-hybridized carbons (Fsp3) is 0.370. The molecule has 0 saturated carbocycles. The van der Waals surface area contributed by atoms with Crippen molar-refractivity contribution in [3.63, 3.8) is 0 Å². The number of amides is 2. The van der Waals surface area contributed by atoms with Crippen molar-refractivity contribution < 1.29 is 9.53 Å². The molecule has 6 rings (SSSR count). The summed E-state index contributed by atoms with van der Waals surface area (Å²) in [6.45, 7) is 7.55. The average Bonchev–Trinajstić information content (AvgIpc) is 3.39. The van der Waals surface area contributed by atoms with Gasteiger partial charge in [0.25, 0.3) is 0 Å². The molecule has 12 heteroatoms. The second kappa shape index (κ2) is 10.4. The van der Waals surface area contributed by atoms with Gasteiger partial charge in [0.1, 0.15) is 12.4 Å². The van der Waals surface area contributed by atoms with Crippen molar-refractivity contribution in [2.24, 2.45) is 0 Å². The van der Waals surface area contributed by atoms with Gasteiger partial charge >= 0.3 is 6.03 Å². The highest BCUT2D eigenvalue weighted by Gasteiger charge is 2.32. The second-order valence-electron chi connectivity index (χ2n) is 9.97. The number of nitrogens with two attached hydrogens (primary N) is 1. The van der Waals surface area contributed by atoms with Gasteiger partial charge in [0.15, 0.2) is 0 Å². The van der Waals surface area contributed by atoms with Gasteiger partial charge in [-0.05, 0) is 38.1 Å². The number of aromatic nitrogens is 4. The van der Waals surface area contributed by atoms with Gasteiger partial charge in [-0.1, -0.05) is 6.07 Å². The first-order valence-corrected chi connectivity index (χ1v) is 13.1. The fourth-order valence-corrected chi connectivity index (χ4v) is 5.03. The van der Waals surface area contributed by atoms with E-state index in [-0.39, 0.29) is 12.0 Å². The van der Waals surface area contributed by atoms with Crippen LogP contribution in [0.25, 0.3) is 11.3 Å². The predicted octanol–water partition coefficient (Wildman–Crippen LogP) is 2.48. The van der Waals surface area contributed by atoms with Gasteiger partial charge in [0.2, 0.25) is 11.9 Å². The lowest BCUT2D eigenvalue weighted by atomic mass is 10.1. The molecule has 12 nitrogen and oxygen atoms in total. The van der Waals surface area contributed by atoms with Gasteiger partial charge in [0.05, 0.1) is 18.5 Å². The van der Waals surface area contributed by atoms with Crippen LogP contribution in [0.2, 0.25) is 0 Å². The molecule has 0 aliphatic carbocycles. The number of likely N-dealkylation sites (N-methyl/N-ethyl adjacent to an activating group) is 1. The highest BCUT2D eigenvalue weighted by atomic mass is 16.5. The van der Waals surface area contributed by atoms with Crippen molar-refractivity contribution in [3.05, 3.63) is 54.2 Å². The number of rotatable bonds is 4. The van der Waals surface area contributed by atoms with E-state index in [9.17, 15) is 4.79 Å². The van der Waals surface area contributed by atoms with E-state index in [0.717, 1.165) is 54.2 Å². The Morgan fingerprint density at radius 2 is 1.85 bits per heavy atom.